The van der Waals surface area contributed by atoms with Crippen LogP contribution in [0.1, 0.15) is 30.0 Å². The molecule has 1 heterocycles. The summed E-state index contributed by atoms with van der Waals surface area (Å²) in [7, 11) is 1.69. The minimum Gasteiger partial charge on any atom is -0.497 e. The number of hydrogen-bond acceptors (Lipinski definition) is 4. The van der Waals surface area contributed by atoms with E-state index in [1.54, 1.807) is 18.4 Å². The summed E-state index contributed by atoms with van der Waals surface area (Å²) in [6.07, 6.45) is 2.93. The second-order valence-electron chi connectivity index (χ2n) is 4.14. The van der Waals surface area contributed by atoms with Gasteiger partial charge in [-0.15, -0.1) is 11.3 Å². The first-order valence-corrected chi connectivity index (χ1v) is 7.89. The molecule has 5 heteroatoms. The molecule has 19 heavy (non-hydrogen) atoms. The van der Waals surface area contributed by atoms with Crippen molar-refractivity contribution in [3.63, 3.8) is 0 Å². The Kier molecular flexibility index (Phi) is 5.36. The third kappa shape index (κ3) is 3.55. The van der Waals surface area contributed by atoms with Crippen LogP contribution < -0.4 is 10.1 Å². The summed E-state index contributed by atoms with van der Waals surface area (Å²) in [5, 5.41) is 6.62. The molecular weight excluding hydrogens is 324 g/mol. The number of ether oxygens (including phenoxy) is 1. The minimum atomic E-state index is 0.101. The first-order chi connectivity index (χ1) is 9.26. The van der Waals surface area contributed by atoms with E-state index in [0.717, 1.165) is 33.8 Å². The number of halogens is 1. The number of aromatic nitrogens is 1. The Morgan fingerprint density at radius 1 is 1.47 bits per heavy atom. The van der Waals surface area contributed by atoms with Gasteiger partial charge in [0, 0.05) is 16.0 Å². The van der Waals surface area contributed by atoms with E-state index in [1.165, 1.54) is 0 Å². The lowest BCUT2D eigenvalue weighted by Gasteiger charge is -2.19. The van der Waals surface area contributed by atoms with Gasteiger partial charge in [0.25, 0.3) is 0 Å². The van der Waals surface area contributed by atoms with Crippen LogP contribution in [-0.4, -0.2) is 18.6 Å². The molecule has 0 spiro atoms. The molecule has 0 radical (unpaired) electrons. The van der Waals surface area contributed by atoms with E-state index in [-0.39, 0.29) is 6.04 Å². The summed E-state index contributed by atoms with van der Waals surface area (Å²) in [5.41, 5.74) is 1.16. The third-order valence-electron chi connectivity index (χ3n) is 2.81. The molecule has 1 N–H and O–H groups in total. The molecular formula is C14H17BrN2OS. The van der Waals surface area contributed by atoms with Crippen molar-refractivity contribution in [1.29, 1.82) is 0 Å². The van der Waals surface area contributed by atoms with Crippen molar-refractivity contribution in [2.45, 2.75) is 19.4 Å². The van der Waals surface area contributed by atoms with Crippen molar-refractivity contribution in [1.82, 2.24) is 10.3 Å². The predicted molar refractivity (Wildman–Crippen MR) is 82.9 cm³/mol. The predicted octanol–water partition coefficient (Wildman–Crippen LogP) is 4.00. The molecule has 1 aromatic heterocycles. The van der Waals surface area contributed by atoms with Gasteiger partial charge < -0.3 is 10.1 Å². The zero-order chi connectivity index (χ0) is 13.7. The highest BCUT2D eigenvalue weighted by Gasteiger charge is 2.19. The van der Waals surface area contributed by atoms with Crippen LogP contribution in [0.2, 0.25) is 0 Å². The lowest BCUT2D eigenvalue weighted by Crippen LogP contribution is -2.23. The van der Waals surface area contributed by atoms with Crippen LogP contribution >= 0.6 is 27.3 Å². The van der Waals surface area contributed by atoms with Crippen LogP contribution in [0.4, 0.5) is 0 Å². The van der Waals surface area contributed by atoms with Gasteiger partial charge >= 0.3 is 0 Å². The number of hydrogen-bond donors (Lipinski definition) is 1. The fourth-order valence-electron chi connectivity index (χ4n) is 1.87. The molecule has 3 nitrogen and oxygen atoms in total. The lowest BCUT2D eigenvalue weighted by molar-refractivity contribution is 0.413. The molecule has 0 saturated carbocycles. The van der Waals surface area contributed by atoms with Crippen LogP contribution in [-0.2, 0) is 0 Å². The Morgan fingerprint density at radius 3 is 2.95 bits per heavy atom. The molecule has 2 aromatic rings. The molecule has 0 saturated heterocycles. The lowest BCUT2D eigenvalue weighted by atomic mass is 10.1. The fourth-order valence-corrected chi connectivity index (χ4v) is 3.07. The summed E-state index contributed by atoms with van der Waals surface area (Å²) in [6, 6.07) is 6.12. The van der Waals surface area contributed by atoms with Crippen LogP contribution in [0, 0.1) is 0 Å². The van der Waals surface area contributed by atoms with Crippen molar-refractivity contribution in [3.05, 3.63) is 44.8 Å². The maximum atomic E-state index is 5.32. The van der Waals surface area contributed by atoms with Crippen LogP contribution in [0.25, 0.3) is 0 Å². The monoisotopic (exact) mass is 340 g/mol. The van der Waals surface area contributed by atoms with Gasteiger partial charge in [-0.3, -0.25) is 0 Å². The summed E-state index contributed by atoms with van der Waals surface area (Å²) in [6.45, 7) is 3.11. The fraction of sp³-hybridized carbons (Fsp3) is 0.357. The maximum Gasteiger partial charge on any atom is 0.119 e. The number of thiazole rings is 1. The largest absolute Gasteiger partial charge is 0.497 e. The highest BCUT2D eigenvalue weighted by molar-refractivity contribution is 9.10. The van der Waals surface area contributed by atoms with Crippen molar-refractivity contribution >= 4 is 27.3 Å². The van der Waals surface area contributed by atoms with Gasteiger partial charge in [-0.1, -0.05) is 22.9 Å². The normalized spacial score (nSPS) is 12.4. The molecule has 1 atom stereocenters. The first-order valence-electron chi connectivity index (χ1n) is 6.22. The van der Waals surface area contributed by atoms with Gasteiger partial charge in [0.1, 0.15) is 10.8 Å². The molecule has 1 aromatic carbocycles. The molecule has 0 amide bonds. The van der Waals surface area contributed by atoms with Gasteiger partial charge in [0.05, 0.1) is 13.2 Å². The summed E-state index contributed by atoms with van der Waals surface area (Å²) < 4.78 is 6.38. The maximum absolute atomic E-state index is 5.32. The standard InChI is InChI=1S/C14H17BrN2OS/c1-3-6-16-13(14-17-7-8-19-14)11-9-10(18-2)4-5-12(11)15/h4-5,7-9,13,16H,3,6H2,1-2H3. The Bertz CT molecular complexity index is 516. The van der Waals surface area contributed by atoms with E-state index in [0.29, 0.717) is 0 Å². The van der Waals surface area contributed by atoms with Crippen molar-refractivity contribution in [2.75, 3.05) is 13.7 Å². The molecule has 1 unspecified atom stereocenters. The minimum absolute atomic E-state index is 0.101. The van der Waals surface area contributed by atoms with E-state index in [9.17, 15) is 0 Å². The second-order valence-corrected chi connectivity index (χ2v) is 5.93. The van der Waals surface area contributed by atoms with Gasteiger partial charge in [-0.25, -0.2) is 4.98 Å². The topological polar surface area (TPSA) is 34.2 Å². The first kappa shape index (κ1) is 14.5. The number of benzene rings is 1. The molecule has 0 fully saturated rings. The molecule has 0 aliphatic heterocycles. The second kappa shape index (κ2) is 7.03. The summed E-state index contributed by atoms with van der Waals surface area (Å²) >= 11 is 5.28. The number of nitrogens with one attached hydrogen (secondary N) is 1. The molecule has 0 bridgehead atoms. The Labute approximate surface area is 126 Å². The molecule has 2 rings (SSSR count). The Morgan fingerprint density at radius 2 is 2.32 bits per heavy atom. The highest BCUT2D eigenvalue weighted by Crippen LogP contribution is 2.32. The van der Waals surface area contributed by atoms with Crippen molar-refractivity contribution in [2.24, 2.45) is 0 Å². The SMILES string of the molecule is CCCNC(c1nccs1)c1cc(OC)ccc1Br. The molecule has 102 valence electrons. The van der Waals surface area contributed by atoms with Crippen LogP contribution in [0.5, 0.6) is 5.75 Å². The van der Waals surface area contributed by atoms with Crippen LogP contribution in [0.3, 0.4) is 0 Å². The van der Waals surface area contributed by atoms with Gasteiger partial charge in [-0.2, -0.15) is 0 Å². The van der Waals surface area contributed by atoms with Gasteiger partial charge in [0.15, 0.2) is 0 Å². The highest BCUT2D eigenvalue weighted by atomic mass is 79.9. The van der Waals surface area contributed by atoms with Crippen LogP contribution in [0.15, 0.2) is 34.2 Å². The summed E-state index contributed by atoms with van der Waals surface area (Å²) in [4.78, 5) is 4.44. The zero-order valence-corrected chi connectivity index (χ0v) is 13.4. The summed E-state index contributed by atoms with van der Waals surface area (Å²) in [5.74, 6) is 0.859. The Balaban J connectivity index is 2.37. The van der Waals surface area contributed by atoms with E-state index in [1.807, 2.05) is 23.7 Å². The average Bonchev–Trinajstić information content (AvgIpc) is 2.95. The number of rotatable bonds is 6. The third-order valence-corrected chi connectivity index (χ3v) is 4.37. The van der Waals surface area contributed by atoms with E-state index < -0.39 is 0 Å². The smallest absolute Gasteiger partial charge is 0.119 e. The van der Waals surface area contributed by atoms with Gasteiger partial charge in [-0.05, 0) is 36.7 Å². The Hall–Kier alpha value is -0.910. The zero-order valence-electron chi connectivity index (χ0n) is 11.0. The molecule has 0 aliphatic rings. The van der Waals surface area contributed by atoms with Crippen molar-refractivity contribution in [3.8, 4) is 5.75 Å². The number of methoxy groups -OCH3 is 1. The average molecular weight is 341 g/mol. The van der Waals surface area contributed by atoms with Gasteiger partial charge in [0.2, 0.25) is 0 Å². The van der Waals surface area contributed by atoms with E-state index in [4.69, 9.17) is 4.74 Å². The number of nitrogens with zero attached hydrogens (tertiary/aromatic N) is 1. The van der Waals surface area contributed by atoms with E-state index in [2.05, 4.69) is 39.2 Å². The van der Waals surface area contributed by atoms with Crippen molar-refractivity contribution < 1.29 is 4.74 Å². The molecule has 0 aliphatic carbocycles. The van der Waals surface area contributed by atoms with E-state index >= 15 is 0 Å². The quantitative estimate of drug-likeness (QED) is 0.862.